The number of carbonyl (C=O) groups is 1. The highest BCUT2D eigenvalue weighted by Crippen LogP contribution is 2.29. The van der Waals surface area contributed by atoms with Crippen LogP contribution in [0.2, 0.25) is 0 Å². The number of nitro groups is 1. The quantitative estimate of drug-likeness (QED) is 0.473. The van der Waals surface area contributed by atoms with E-state index in [-0.39, 0.29) is 23.6 Å². The number of hydrogen-bond acceptors (Lipinski definition) is 8. The topological polar surface area (TPSA) is 127 Å². The van der Waals surface area contributed by atoms with Gasteiger partial charge in [-0.25, -0.2) is 4.98 Å². The Morgan fingerprint density at radius 1 is 1.19 bits per heavy atom. The van der Waals surface area contributed by atoms with Crippen molar-refractivity contribution < 1.29 is 14.1 Å². The molecule has 1 N–H and O–H groups in total. The lowest BCUT2D eigenvalue weighted by molar-refractivity contribution is -0.384. The first-order valence-corrected chi connectivity index (χ1v) is 10.1. The number of hydrogen-bond donors (Lipinski definition) is 1. The number of benzene rings is 1. The van der Waals surface area contributed by atoms with Gasteiger partial charge in [0.05, 0.1) is 11.0 Å². The van der Waals surface area contributed by atoms with E-state index in [2.05, 4.69) is 25.4 Å². The van der Waals surface area contributed by atoms with Crippen LogP contribution in [-0.4, -0.2) is 44.0 Å². The van der Waals surface area contributed by atoms with E-state index in [4.69, 9.17) is 4.42 Å². The number of amides is 1. The van der Waals surface area contributed by atoms with Crippen LogP contribution >= 0.6 is 0 Å². The largest absolute Gasteiger partial charge is 0.419 e. The van der Waals surface area contributed by atoms with E-state index >= 15 is 0 Å². The van der Waals surface area contributed by atoms with Crippen molar-refractivity contribution in [3.05, 3.63) is 64.7 Å². The molecule has 10 heteroatoms. The van der Waals surface area contributed by atoms with Crippen molar-refractivity contribution in [3.8, 4) is 11.5 Å². The van der Waals surface area contributed by atoms with Crippen molar-refractivity contribution in [2.75, 3.05) is 18.4 Å². The van der Waals surface area contributed by atoms with Gasteiger partial charge in [-0.05, 0) is 57.1 Å². The first-order chi connectivity index (χ1) is 15.0. The van der Waals surface area contributed by atoms with Crippen LogP contribution in [0.5, 0.6) is 0 Å². The van der Waals surface area contributed by atoms with Gasteiger partial charge in [0, 0.05) is 29.8 Å². The summed E-state index contributed by atoms with van der Waals surface area (Å²) in [6.07, 6.45) is 3.11. The van der Waals surface area contributed by atoms with E-state index in [0.29, 0.717) is 23.2 Å². The third kappa shape index (κ3) is 4.75. The monoisotopic (exact) mass is 422 g/mol. The fraction of sp³-hybridized carbons (Fsp3) is 0.333. The van der Waals surface area contributed by atoms with Crippen molar-refractivity contribution >= 4 is 17.4 Å². The average Bonchev–Trinajstić information content (AvgIpc) is 3.30. The summed E-state index contributed by atoms with van der Waals surface area (Å²) in [5, 5.41) is 21.9. The van der Waals surface area contributed by atoms with Gasteiger partial charge in [0.2, 0.25) is 17.7 Å². The van der Waals surface area contributed by atoms with Gasteiger partial charge in [-0.3, -0.25) is 19.8 Å². The molecule has 0 bridgehead atoms. The van der Waals surface area contributed by atoms with Gasteiger partial charge in [0.25, 0.3) is 5.69 Å². The molecule has 2 aromatic heterocycles. The summed E-state index contributed by atoms with van der Waals surface area (Å²) in [5.74, 6) is 1.28. The van der Waals surface area contributed by atoms with Crippen LogP contribution in [0.15, 0.2) is 53.1 Å². The highest BCUT2D eigenvalue weighted by Gasteiger charge is 2.30. The number of likely N-dealkylation sites (tertiary alicyclic amines) is 1. The smallest absolute Gasteiger partial charge is 0.269 e. The van der Waals surface area contributed by atoms with Crippen molar-refractivity contribution in [1.29, 1.82) is 0 Å². The number of carbonyl (C=O) groups excluding carboxylic acids is 1. The lowest BCUT2D eigenvalue weighted by Crippen LogP contribution is -2.39. The van der Waals surface area contributed by atoms with E-state index in [1.807, 2.05) is 13.0 Å². The maximum atomic E-state index is 12.5. The Morgan fingerprint density at radius 2 is 1.94 bits per heavy atom. The zero-order valence-electron chi connectivity index (χ0n) is 17.0. The van der Waals surface area contributed by atoms with Gasteiger partial charge >= 0.3 is 0 Å². The lowest BCUT2D eigenvalue weighted by atomic mass is 9.95. The number of non-ortho nitro benzene ring substituents is 1. The lowest BCUT2D eigenvalue weighted by Gasteiger charge is -2.33. The Hall–Kier alpha value is -3.66. The Balaban J connectivity index is 1.34. The third-order valence-corrected chi connectivity index (χ3v) is 5.49. The minimum atomic E-state index is -0.453. The predicted molar refractivity (Wildman–Crippen MR) is 112 cm³/mol. The summed E-state index contributed by atoms with van der Waals surface area (Å²) in [5.41, 5.74) is 0.633. The Kier molecular flexibility index (Phi) is 5.99. The number of rotatable bonds is 6. The molecular weight excluding hydrogens is 400 g/mol. The molecular formula is C21H22N6O4. The highest BCUT2D eigenvalue weighted by atomic mass is 16.6. The van der Waals surface area contributed by atoms with Gasteiger partial charge in [-0.2, -0.15) is 0 Å². The second-order valence-corrected chi connectivity index (χ2v) is 7.44. The summed E-state index contributed by atoms with van der Waals surface area (Å²) in [7, 11) is 0. The van der Waals surface area contributed by atoms with Crippen LogP contribution in [0.3, 0.4) is 0 Å². The molecule has 3 aromatic rings. The van der Waals surface area contributed by atoms with Crippen molar-refractivity contribution in [3.63, 3.8) is 0 Å². The number of aromatic nitrogens is 3. The molecule has 0 aliphatic carbocycles. The molecule has 160 valence electrons. The number of pyridine rings is 1. The zero-order chi connectivity index (χ0) is 21.8. The molecule has 1 atom stereocenters. The molecule has 1 saturated heterocycles. The van der Waals surface area contributed by atoms with E-state index in [9.17, 15) is 14.9 Å². The Morgan fingerprint density at radius 3 is 2.58 bits per heavy atom. The third-order valence-electron chi connectivity index (χ3n) is 5.49. The van der Waals surface area contributed by atoms with Crippen LogP contribution in [0.4, 0.5) is 11.5 Å². The molecule has 31 heavy (non-hydrogen) atoms. The number of anilines is 1. The minimum Gasteiger partial charge on any atom is -0.419 e. The first-order valence-electron chi connectivity index (χ1n) is 10.1. The van der Waals surface area contributed by atoms with Crippen molar-refractivity contribution in [2.45, 2.75) is 25.8 Å². The zero-order valence-corrected chi connectivity index (χ0v) is 17.0. The molecule has 1 amide bonds. The molecule has 3 heterocycles. The number of nitrogens with one attached hydrogen (secondary N) is 1. The molecule has 1 aliphatic heterocycles. The molecule has 10 nitrogen and oxygen atoms in total. The van der Waals surface area contributed by atoms with Crippen LogP contribution in [-0.2, 0) is 4.79 Å². The molecule has 0 radical (unpaired) electrons. The SMILES string of the molecule is CC(c1nnc(-c2ccc([N+](=O)[O-])cc2)o1)N1CCC(C(=O)Nc2ccccn2)CC1. The molecule has 1 fully saturated rings. The van der Waals surface area contributed by atoms with Crippen molar-refractivity contribution in [2.24, 2.45) is 5.92 Å². The highest BCUT2D eigenvalue weighted by molar-refractivity contribution is 5.91. The fourth-order valence-corrected chi connectivity index (χ4v) is 3.62. The van der Waals surface area contributed by atoms with Crippen LogP contribution in [0.25, 0.3) is 11.5 Å². The molecule has 1 unspecified atom stereocenters. The van der Waals surface area contributed by atoms with Gasteiger partial charge in [0.15, 0.2) is 0 Å². The molecule has 1 aromatic carbocycles. The van der Waals surface area contributed by atoms with Gasteiger partial charge in [-0.15, -0.1) is 10.2 Å². The number of piperidine rings is 1. The Labute approximate surface area is 178 Å². The Bertz CT molecular complexity index is 1050. The van der Waals surface area contributed by atoms with E-state index in [0.717, 1.165) is 25.9 Å². The summed E-state index contributed by atoms with van der Waals surface area (Å²) < 4.78 is 5.82. The number of nitro benzene ring substituents is 1. The maximum absolute atomic E-state index is 12.5. The summed E-state index contributed by atoms with van der Waals surface area (Å²) in [4.78, 5) is 29.2. The minimum absolute atomic E-state index is 0.00631. The van der Waals surface area contributed by atoms with E-state index in [1.54, 1.807) is 30.5 Å². The predicted octanol–water partition coefficient (Wildman–Crippen LogP) is 3.45. The standard InChI is InChI=1S/C21H22N6O4/c1-14(20-24-25-21(31-20)16-5-7-17(8-6-16)27(29)30)26-12-9-15(10-13-26)19(28)23-18-4-2-3-11-22-18/h2-8,11,14-15H,9-10,12-13H2,1H3,(H,22,23,28). The van der Waals surface area contributed by atoms with E-state index < -0.39 is 4.92 Å². The second kappa shape index (κ2) is 9.00. The van der Waals surface area contributed by atoms with Crippen LogP contribution in [0.1, 0.15) is 31.7 Å². The van der Waals surface area contributed by atoms with Gasteiger partial charge < -0.3 is 9.73 Å². The molecule has 0 spiro atoms. The van der Waals surface area contributed by atoms with Crippen LogP contribution in [0, 0.1) is 16.0 Å². The average molecular weight is 422 g/mol. The summed E-state index contributed by atoms with van der Waals surface area (Å²) in [6.45, 7) is 3.45. The van der Waals surface area contributed by atoms with Gasteiger partial charge in [-0.1, -0.05) is 6.07 Å². The maximum Gasteiger partial charge on any atom is 0.269 e. The van der Waals surface area contributed by atoms with Gasteiger partial charge in [0.1, 0.15) is 5.82 Å². The van der Waals surface area contributed by atoms with Crippen LogP contribution < -0.4 is 5.32 Å². The van der Waals surface area contributed by atoms with Crippen molar-refractivity contribution in [1.82, 2.24) is 20.1 Å². The molecule has 0 saturated carbocycles. The fourth-order valence-electron chi connectivity index (χ4n) is 3.62. The van der Waals surface area contributed by atoms with E-state index in [1.165, 1.54) is 12.1 Å². The number of nitrogens with zero attached hydrogens (tertiary/aromatic N) is 5. The normalized spacial score (nSPS) is 16.0. The molecule has 4 rings (SSSR count). The second-order valence-electron chi connectivity index (χ2n) is 7.44. The summed E-state index contributed by atoms with van der Waals surface area (Å²) in [6, 6.07) is 11.3. The molecule has 1 aliphatic rings. The summed E-state index contributed by atoms with van der Waals surface area (Å²) >= 11 is 0. The first kappa shape index (κ1) is 20.6.